The molecule has 0 aromatic carbocycles. The van der Waals surface area contributed by atoms with Gasteiger partial charge in [-0.3, -0.25) is 9.59 Å². The zero-order chi connectivity index (χ0) is 14.0. The first kappa shape index (κ1) is 10.6. The Morgan fingerprint density at radius 1 is 0.810 bits per heavy atom. The van der Waals surface area contributed by atoms with Crippen LogP contribution < -0.4 is 0 Å². The second-order valence-corrected chi connectivity index (χ2v) is 9.13. The lowest BCUT2D eigenvalue weighted by Crippen LogP contribution is -2.57. The lowest BCUT2D eigenvalue weighted by molar-refractivity contribution is -0.255. The zero-order valence-electron chi connectivity index (χ0n) is 12.1. The Hall–Kier alpha value is -1.06. The molecule has 7 aliphatic carbocycles. The number of carbonyl (C=O) groups is 2. The molecular weight excluding hydrogens is 268 g/mol. The van der Waals surface area contributed by atoms with E-state index < -0.39 is 11.2 Å². The third kappa shape index (κ3) is 0.687. The summed E-state index contributed by atoms with van der Waals surface area (Å²) < 4.78 is 11.2. The van der Waals surface area contributed by atoms with Crippen molar-refractivity contribution in [2.45, 2.75) is 26.1 Å². The predicted molar refractivity (Wildman–Crippen MR) is 68.2 cm³/mol. The third-order valence-corrected chi connectivity index (χ3v) is 8.81. The molecule has 21 heavy (non-hydrogen) atoms. The van der Waals surface area contributed by atoms with Crippen LogP contribution >= 0.6 is 0 Å². The van der Waals surface area contributed by atoms with Crippen molar-refractivity contribution in [1.82, 2.24) is 0 Å². The summed E-state index contributed by atoms with van der Waals surface area (Å²) in [5, 5.41) is 0. The molecule has 4 heteroatoms. The Morgan fingerprint density at radius 2 is 1.29 bits per heavy atom. The van der Waals surface area contributed by atoms with Gasteiger partial charge in [-0.05, 0) is 65.6 Å². The normalized spacial score (nSPS) is 67.1. The number of esters is 2. The van der Waals surface area contributed by atoms with Gasteiger partial charge in [-0.25, -0.2) is 0 Å². The second kappa shape index (κ2) is 2.44. The molecule has 1 aliphatic heterocycles. The minimum atomic E-state index is -1.09. The van der Waals surface area contributed by atoms with Gasteiger partial charge in [0.15, 0.2) is 5.41 Å². The Kier molecular flexibility index (Phi) is 1.24. The van der Waals surface area contributed by atoms with Crippen molar-refractivity contribution >= 4 is 11.9 Å². The van der Waals surface area contributed by atoms with Gasteiger partial charge in [-0.15, -0.1) is 0 Å². The number of hydrogen-bond donors (Lipinski definition) is 0. The molecule has 8 aliphatic rings. The lowest BCUT2D eigenvalue weighted by Gasteiger charge is -2.44. The van der Waals surface area contributed by atoms with Gasteiger partial charge in [0.25, 0.3) is 5.79 Å². The number of ether oxygens (including phenoxy) is 2. The molecule has 0 aromatic rings. The average molecular weight is 286 g/mol. The minimum Gasteiger partial charge on any atom is -0.422 e. The Bertz CT molecular complexity index is 608. The number of cyclic esters (lactones) is 2. The van der Waals surface area contributed by atoms with Crippen LogP contribution in [0.15, 0.2) is 0 Å². The summed E-state index contributed by atoms with van der Waals surface area (Å²) in [6.07, 6.45) is 1.39. The van der Waals surface area contributed by atoms with Gasteiger partial charge in [0.1, 0.15) is 0 Å². The fraction of sp³-hybridized carbons (Fsp3) is 0.882. The molecule has 0 unspecified atom stereocenters. The highest BCUT2D eigenvalue weighted by atomic mass is 16.7. The quantitative estimate of drug-likeness (QED) is 0.499. The maximum Gasteiger partial charge on any atom is 0.327 e. The summed E-state index contributed by atoms with van der Waals surface area (Å²) in [4.78, 5) is 25.9. The van der Waals surface area contributed by atoms with Gasteiger partial charge in [-0.2, -0.15) is 0 Å². The molecule has 1 spiro atoms. The smallest absolute Gasteiger partial charge is 0.327 e. The van der Waals surface area contributed by atoms with Crippen molar-refractivity contribution < 1.29 is 19.1 Å². The van der Waals surface area contributed by atoms with Crippen molar-refractivity contribution in [2.75, 3.05) is 0 Å². The van der Waals surface area contributed by atoms with Crippen LogP contribution in [0.25, 0.3) is 0 Å². The van der Waals surface area contributed by atoms with E-state index in [-0.39, 0.29) is 23.8 Å². The Balaban J connectivity index is 1.48. The zero-order valence-corrected chi connectivity index (χ0v) is 12.1. The van der Waals surface area contributed by atoms with Crippen LogP contribution in [0.3, 0.4) is 0 Å². The first-order valence-corrected chi connectivity index (χ1v) is 8.45. The molecule has 8 fully saturated rings. The van der Waals surface area contributed by atoms with Crippen LogP contribution in [-0.2, 0) is 19.1 Å². The van der Waals surface area contributed by atoms with Crippen molar-refractivity contribution in [1.29, 1.82) is 0 Å². The Labute approximate surface area is 122 Å². The summed E-state index contributed by atoms with van der Waals surface area (Å²) in [5.41, 5.74) is -0.906. The largest absolute Gasteiger partial charge is 0.422 e. The highest BCUT2D eigenvalue weighted by molar-refractivity contribution is 6.04. The Morgan fingerprint density at radius 3 is 1.76 bits per heavy atom. The molecule has 0 aromatic heterocycles. The first-order valence-electron chi connectivity index (χ1n) is 8.45. The van der Waals surface area contributed by atoms with Crippen molar-refractivity contribution in [3.63, 3.8) is 0 Å². The molecule has 4 nitrogen and oxygen atoms in total. The summed E-state index contributed by atoms with van der Waals surface area (Å²) in [6, 6.07) is 0. The number of hydrogen-bond acceptors (Lipinski definition) is 4. The molecule has 1 saturated heterocycles. The van der Waals surface area contributed by atoms with E-state index in [4.69, 9.17) is 9.47 Å². The van der Waals surface area contributed by atoms with E-state index in [9.17, 15) is 9.59 Å². The molecule has 110 valence electrons. The van der Waals surface area contributed by atoms with E-state index in [1.165, 1.54) is 6.42 Å². The second-order valence-electron chi connectivity index (χ2n) is 9.13. The standard InChI is InChI=1S/C17H18O4/c1-16(2)20-14(18)17(15(19)21-16)12-8-4-3-5-7-6(4)10(12)11(7)13(17)9(5)8/h4-13H,3H2,1-2H3/t4-,5+,6-,7+,8-,9-,10+,11-,12+,13+/m1/s1. The lowest BCUT2D eigenvalue weighted by atomic mass is 9.60. The van der Waals surface area contributed by atoms with Crippen LogP contribution in [0.4, 0.5) is 0 Å². The van der Waals surface area contributed by atoms with E-state index in [0.29, 0.717) is 23.7 Å². The summed E-state index contributed by atoms with van der Waals surface area (Å²) in [5.74, 6) is 4.78. The molecular formula is C17H18O4. The SMILES string of the molecule is CC1(C)OC(=O)C2(C(=O)O1)[C@@H]1[C@@H]3[C@H]4[C@@H]5C[C@@H]6[C@H]4[C@@H]3[C@@H]2[C@H]6[C@@H]51. The van der Waals surface area contributed by atoms with Gasteiger partial charge in [0, 0.05) is 13.8 Å². The highest BCUT2D eigenvalue weighted by Gasteiger charge is 2.96. The van der Waals surface area contributed by atoms with E-state index >= 15 is 0 Å². The molecule has 4 bridgehead atoms. The van der Waals surface area contributed by atoms with Crippen molar-refractivity contribution in [2.24, 2.45) is 64.6 Å². The first-order chi connectivity index (χ1) is 9.98. The van der Waals surface area contributed by atoms with Gasteiger partial charge in [0.05, 0.1) is 0 Å². The van der Waals surface area contributed by atoms with E-state index in [1.54, 1.807) is 13.8 Å². The van der Waals surface area contributed by atoms with Gasteiger partial charge < -0.3 is 9.47 Å². The van der Waals surface area contributed by atoms with Gasteiger partial charge in [0.2, 0.25) is 0 Å². The summed E-state index contributed by atoms with van der Waals surface area (Å²) in [7, 11) is 0. The fourth-order valence-corrected chi connectivity index (χ4v) is 9.23. The van der Waals surface area contributed by atoms with Gasteiger partial charge >= 0.3 is 11.9 Å². The molecule has 8 rings (SSSR count). The van der Waals surface area contributed by atoms with Gasteiger partial charge in [-0.1, -0.05) is 0 Å². The average Bonchev–Trinajstić information content (AvgIpc) is 2.95. The van der Waals surface area contributed by atoms with E-state index in [2.05, 4.69) is 0 Å². The minimum absolute atomic E-state index is 0.249. The maximum atomic E-state index is 13.0. The molecule has 10 atom stereocenters. The maximum absolute atomic E-state index is 13.0. The van der Waals surface area contributed by atoms with Crippen LogP contribution in [0.5, 0.6) is 0 Å². The molecule has 0 N–H and O–H groups in total. The van der Waals surface area contributed by atoms with Crippen molar-refractivity contribution in [3.05, 3.63) is 0 Å². The number of carbonyl (C=O) groups excluding carboxylic acids is 2. The van der Waals surface area contributed by atoms with Crippen LogP contribution in [0.2, 0.25) is 0 Å². The van der Waals surface area contributed by atoms with E-state index in [0.717, 1.165) is 23.7 Å². The molecule has 1 heterocycles. The number of rotatable bonds is 0. The topological polar surface area (TPSA) is 52.6 Å². The summed E-state index contributed by atoms with van der Waals surface area (Å²) in [6.45, 7) is 3.33. The summed E-state index contributed by atoms with van der Waals surface area (Å²) >= 11 is 0. The molecule has 7 saturated carbocycles. The van der Waals surface area contributed by atoms with Crippen LogP contribution in [0, 0.1) is 64.6 Å². The fourth-order valence-electron chi connectivity index (χ4n) is 9.23. The predicted octanol–water partition coefficient (Wildman–Crippen LogP) is 1.44. The highest BCUT2D eigenvalue weighted by Crippen LogP contribution is 2.94. The van der Waals surface area contributed by atoms with Crippen LogP contribution in [0.1, 0.15) is 20.3 Å². The van der Waals surface area contributed by atoms with Crippen LogP contribution in [-0.4, -0.2) is 17.7 Å². The molecule has 0 amide bonds. The van der Waals surface area contributed by atoms with Crippen molar-refractivity contribution in [3.8, 4) is 0 Å². The monoisotopic (exact) mass is 286 g/mol. The molecule has 0 radical (unpaired) electrons. The third-order valence-electron chi connectivity index (χ3n) is 8.81. The van der Waals surface area contributed by atoms with E-state index in [1.807, 2.05) is 0 Å².